The van der Waals surface area contributed by atoms with Crippen LogP contribution in [0.5, 0.6) is 0 Å². The molecule has 120 valence electrons. The summed E-state index contributed by atoms with van der Waals surface area (Å²) in [7, 11) is 0. The summed E-state index contributed by atoms with van der Waals surface area (Å²) in [5.74, 6) is 0. The summed E-state index contributed by atoms with van der Waals surface area (Å²) in [5.41, 5.74) is 26.6. The molecule has 0 aromatic heterocycles. The zero-order valence-corrected chi connectivity index (χ0v) is 16.2. The van der Waals surface area contributed by atoms with Crippen molar-refractivity contribution in [3.8, 4) is 0 Å². The molecule has 0 aliphatic rings. The van der Waals surface area contributed by atoms with Crippen molar-refractivity contribution in [2.45, 2.75) is 6.92 Å². The Kier molecular flexibility index (Phi) is 6.91. The second-order valence-electron chi connectivity index (χ2n) is 4.52. The monoisotopic (exact) mass is 526 g/mol. The molecule has 0 spiro atoms. The number of hydrogen-bond donors (Lipinski definition) is 7. The number of halogens is 2. The summed E-state index contributed by atoms with van der Waals surface area (Å²) in [6.07, 6.45) is 0. The summed E-state index contributed by atoms with van der Waals surface area (Å²) in [6, 6.07) is 11.8. The molecule has 0 heterocycles. The van der Waals surface area contributed by atoms with Crippen molar-refractivity contribution in [2.24, 2.45) is 0 Å². The van der Waals surface area contributed by atoms with E-state index in [1.54, 1.807) is 0 Å². The Morgan fingerprint density at radius 1 is 0.909 bits per heavy atom. The van der Waals surface area contributed by atoms with E-state index in [2.05, 4.69) is 54.3 Å². The van der Waals surface area contributed by atoms with Crippen molar-refractivity contribution in [1.82, 2.24) is 20.2 Å². The quantitative estimate of drug-likeness (QED) is 0.0741. The molecule has 2 aromatic rings. The second-order valence-corrected chi connectivity index (χ2v) is 8.09. The fourth-order valence-corrected chi connectivity index (χ4v) is 4.63. The molecule has 0 unspecified atom stereocenters. The molecule has 0 radical (unpaired) electrons. The molecule has 9 heteroatoms. The molecular weight excluding hydrogens is 508 g/mol. The van der Waals surface area contributed by atoms with Gasteiger partial charge in [-0.25, -0.2) is 0 Å². The number of benzene rings is 2. The van der Waals surface area contributed by atoms with Gasteiger partial charge in [0.2, 0.25) is 0 Å². The number of rotatable bonds is 7. The molecule has 0 saturated carbocycles. The topological polar surface area (TPSA) is 112 Å². The zero-order chi connectivity index (χ0) is 15.9. The Morgan fingerprint density at radius 3 is 2.41 bits per heavy atom. The molecule has 22 heavy (non-hydrogen) atoms. The van der Waals surface area contributed by atoms with Crippen molar-refractivity contribution in [1.29, 1.82) is 0 Å². The SMILES string of the molecule is Cc1cc(N)cc(NNNNN[I-]c2cc(N)cc(I)c2)c1. The van der Waals surface area contributed by atoms with Crippen LogP contribution in [0.15, 0.2) is 36.4 Å². The van der Waals surface area contributed by atoms with E-state index in [1.165, 1.54) is 3.57 Å². The van der Waals surface area contributed by atoms with E-state index in [-0.39, 0.29) is 21.5 Å². The Morgan fingerprint density at radius 2 is 1.68 bits per heavy atom. The maximum absolute atomic E-state index is 5.82. The Hall–Kier alpha value is -0.860. The van der Waals surface area contributed by atoms with Crippen LogP contribution < -0.4 is 58.6 Å². The van der Waals surface area contributed by atoms with Crippen molar-refractivity contribution >= 4 is 39.7 Å². The third-order valence-electron chi connectivity index (χ3n) is 2.52. The van der Waals surface area contributed by atoms with Gasteiger partial charge < -0.3 is 0 Å². The van der Waals surface area contributed by atoms with E-state index in [0.717, 1.165) is 26.2 Å². The van der Waals surface area contributed by atoms with E-state index in [0.29, 0.717) is 0 Å². The maximum atomic E-state index is 5.82. The molecule has 0 aliphatic heterocycles. The van der Waals surface area contributed by atoms with Crippen molar-refractivity contribution < 1.29 is 21.5 Å². The van der Waals surface area contributed by atoms with Crippen LogP contribution >= 0.6 is 22.6 Å². The van der Waals surface area contributed by atoms with Crippen molar-refractivity contribution in [3.05, 3.63) is 49.1 Å². The van der Waals surface area contributed by atoms with Gasteiger partial charge >= 0.3 is 154 Å². The van der Waals surface area contributed by atoms with Gasteiger partial charge in [-0.2, -0.15) is 0 Å². The standard InChI is InChI=1S/C13H18I2N7/c1-8-2-11(16)7-13(3-8)18-20-22-21-19-15-10-4-9(14)5-12(17)6-10/h2-7,18-22H,16-17H2,1H3/q-1. The Balaban J connectivity index is 1.67. The summed E-state index contributed by atoms with van der Waals surface area (Å²) in [4.78, 5) is 0. The van der Waals surface area contributed by atoms with Crippen LogP contribution in [0.2, 0.25) is 0 Å². The van der Waals surface area contributed by atoms with Gasteiger partial charge in [0.25, 0.3) is 0 Å². The van der Waals surface area contributed by atoms with E-state index in [9.17, 15) is 0 Å². The molecular formula is C13H18I2N7-. The van der Waals surface area contributed by atoms with Gasteiger partial charge in [-0.1, -0.05) is 0 Å². The van der Waals surface area contributed by atoms with Crippen LogP contribution in [-0.2, 0) is 0 Å². The molecule has 2 rings (SSSR count). The minimum atomic E-state index is -0.387. The molecule has 9 N–H and O–H groups in total. The van der Waals surface area contributed by atoms with Gasteiger partial charge in [0.15, 0.2) is 0 Å². The summed E-state index contributed by atoms with van der Waals surface area (Å²) >= 11 is 1.87. The van der Waals surface area contributed by atoms with Gasteiger partial charge in [0, 0.05) is 0 Å². The van der Waals surface area contributed by atoms with Crippen LogP contribution in [0.4, 0.5) is 17.1 Å². The number of nitrogen functional groups attached to an aromatic ring is 2. The molecule has 0 fully saturated rings. The van der Waals surface area contributed by atoms with Crippen LogP contribution in [0.3, 0.4) is 0 Å². The average molecular weight is 526 g/mol. The third kappa shape index (κ3) is 6.10. The molecule has 0 aliphatic carbocycles. The molecule has 0 amide bonds. The van der Waals surface area contributed by atoms with Gasteiger partial charge in [0.1, 0.15) is 0 Å². The van der Waals surface area contributed by atoms with Crippen molar-refractivity contribution in [2.75, 3.05) is 16.9 Å². The first kappa shape index (κ1) is 17.5. The molecule has 0 atom stereocenters. The van der Waals surface area contributed by atoms with E-state index in [4.69, 9.17) is 11.5 Å². The number of hydrazine groups is 4. The van der Waals surface area contributed by atoms with Crippen LogP contribution in [0, 0.1) is 14.1 Å². The van der Waals surface area contributed by atoms with Crippen LogP contribution in [0.1, 0.15) is 5.56 Å². The Labute approximate surface area is 153 Å². The summed E-state index contributed by atoms with van der Waals surface area (Å²) in [6.45, 7) is 1.99. The predicted octanol–water partition coefficient (Wildman–Crippen LogP) is -1.93. The predicted molar refractivity (Wildman–Crippen MR) is 94.0 cm³/mol. The number of anilines is 3. The van der Waals surface area contributed by atoms with Gasteiger partial charge in [-0.15, -0.1) is 0 Å². The van der Waals surface area contributed by atoms with E-state index < -0.39 is 0 Å². The normalized spacial score (nSPS) is 10.8. The number of hydrogen-bond acceptors (Lipinski definition) is 7. The van der Waals surface area contributed by atoms with Gasteiger partial charge in [-0.05, 0) is 0 Å². The van der Waals surface area contributed by atoms with E-state index >= 15 is 0 Å². The van der Waals surface area contributed by atoms with Crippen LogP contribution in [0.25, 0.3) is 0 Å². The molecule has 2 aromatic carbocycles. The number of aryl methyl sites for hydroxylation is 1. The minimum absolute atomic E-state index is 0.387. The first-order chi connectivity index (χ1) is 10.5. The second kappa shape index (κ2) is 8.69. The third-order valence-corrected chi connectivity index (χ3v) is 4.93. The van der Waals surface area contributed by atoms with E-state index in [1.807, 2.05) is 37.3 Å². The van der Waals surface area contributed by atoms with Gasteiger partial charge in [0.05, 0.1) is 0 Å². The number of nitrogens with two attached hydrogens (primary N) is 2. The molecule has 7 nitrogen and oxygen atoms in total. The summed E-state index contributed by atoms with van der Waals surface area (Å²) in [5, 5.41) is 0. The molecule has 0 saturated heterocycles. The molecule has 0 bridgehead atoms. The first-order valence-electron chi connectivity index (χ1n) is 6.36. The van der Waals surface area contributed by atoms with Gasteiger partial charge in [-0.3, -0.25) is 0 Å². The van der Waals surface area contributed by atoms with Crippen molar-refractivity contribution in [3.63, 3.8) is 0 Å². The first-order valence-corrected chi connectivity index (χ1v) is 9.59. The number of nitrogens with one attached hydrogen (secondary N) is 5. The average Bonchev–Trinajstić information content (AvgIpc) is 2.40. The Bertz CT molecular complexity index is 540. The fraction of sp³-hybridized carbons (Fsp3) is 0.0769. The fourth-order valence-electron chi connectivity index (χ4n) is 1.75. The zero-order valence-electron chi connectivity index (χ0n) is 11.9. The summed E-state index contributed by atoms with van der Waals surface area (Å²) < 4.78 is 5.47. The van der Waals surface area contributed by atoms with Crippen LogP contribution in [-0.4, -0.2) is 0 Å².